The molecule has 0 aliphatic carbocycles. The number of nitrogens with one attached hydrogen (secondary N) is 1. The summed E-state index contributed by atoms with van der Waals surface area (Å²) in [6.07, 6.45) is 3.07. The Balaban J connectivity index is 2.08. The van der Waals surface area contributed by atoms with E-state index in [-0.39, 0.29) is 12.5 Å². The van der Waals surface area contributed by atoms with E-state index in [0.717, 1.165) is 22.3 Å². The predicted molar refractivity (Wildman–Crippen MR) is 147 cm³/mol. The minimum absolute atomic E-state index is 0.181. The topological polar surface area (TPSA) is 79.6 Å². The molecule has 0 radical (unpaired) electrons. The van der Waals surface area contributed by atoms with Gasteiger partial charge in [-0.25, -0.2) is 8.42 Å². The minimum Gasteiger partial charge on any atom is -0.455 e. The van der Waals surface area contributed by atoms with Gasteiger partial charge in [0.25, 0.3) is 5.91 Å². The molecule has 1 N–H and O–H groups in total. The van der Waals surface area contributed by atoms with Crippen LogP contribution < -0.4 is 9.62 Å². The van der Waals surface area contributed by atoms with Crippen molar-refractivity contribution >= 4 is 32.6 Å². The normalized spacial score (nSPS) is 11.4. The molecular weight excluding hydrogens is 472 g/mol. The molecule has 7 heteroatoms. The third-order valence-corrected chi connectivity index (χ3v) is 7.14. The molecule has 186 valence electrons. The van der Waals surface area contributed by atoms with Crippen molar-refractivity contribution in [3.63, 3.8) is 0 Å². The average molecular weight is 503 g/mol. The molecule has 3 aromatic carbocycles. The maximum Gasteiger partial charge on any atom is 0.255 e. The van der Waals surface area contributed by atoms with Crippen molar-refractivity contribution in [2.75, 3.05) is 24.2 Å². The van der Waals surface area contributed by atoms with E-state index in [1.807, 2.05) is 87.5 Å². The number of hydrogen-bond donors (Lipinski definition) is 1. The van der Waals surface area contributed by atoms with E-state index in [1.165, 1.54) is 10.6 Å². The number of sulfonamides is 1. The van der Waals surface area contributed by atoms with Gasteiger partial charge in [-0.15, -0.1) is 0 Å². The number of carbonyl (C=O) groups is 1. The van der Waals surface area contributed by atoms with E-state index in [4.69, 9.17) is 4.42 Å². The van der Waals surface area contributed by atoms with Gasteiger partial charge in [0.2, 0.25) is 10.0 Å². The lowest BCUT2D eigenvalue weighted by molar-refractivity contribution is 0.0964. The second-order valence-electron chi connectivity index (χ2n) is 9.06. The lowest BCUT2D eigenvalue weighted by Crippen LogP contribution is -2.30. The van der Waals surface area contributed by atoms with Crippen molar-refractivity contribution in [2.24, 2.45) is 0 Å². The van der Waals surface area contributed by atoms with Crippen LogP contribution in [0.2, 0.25) is 0 Å². The zero-order chi connectivity index (χ0) is 26.0. The number of amides is 1. The fraction of sp³-hybridized carbons (Fsp3) is 0.207. The van der Waals surface area contributed by atoms with Gasteiger partial charge in [0.05, 0.1) is 24.1 Å². The fourth-order valence-corrected chi connectivity index (χ4v) is 4.98. The summed E-state index contributed by atoms with van der Waals surface area (Å²) in [5.74, 6) is 0.163. The van der Waals surface area contributed by atoms with Gasteiger partial charge in [0.15, 0.2) is 0 Å². The van der Waals surface area contributed by atoms with Gasteiger partial charge in [0, 0.05) is 29.6 Å². The average Bonchev–Trinajstić information content (AvgIpc) is 3.21. The largest absolute Gasteiger partial charge is 0.455 e. The SMILES string of the molecule is CNC(=O)c1c(-c2ccc(C)cc2)oc2cc(N(CC=C(C)C)S(C)(=O)=O)c(-c3ccccc3)cc12. The summed E-state index contributed by atoms with van der Waals surface area (Å²) in [6.45, 7) is 6.03. The fourth-order valence-electron chi connectivity index (χ4n) is 4.12. The Morgan fingerprint density at radius 3 is 2.25 bits per heavy atom. The molecule has 0 atom stereocenters. The first kappa shape index (κ1) is 25.3. The molecule has 4 rings (SSSR count). The molecular formula is C29H30N2O4S. The van der Waals surface area contributed by atoms with Crippen LogP contribution in [0.1, 0.15) is 29.8 Å². The number of furan rings is 1. The van der Waals surface area contributed by atoms with Gasteiger partial charge >= 0.3 is 0 Å². The molecule has 0 saturated carbocycles. The second-order valence-corrected chi connectivity index (χ2v) is 11.0. The standard InChI is InChI=1S/C29H30N2O4S/c1-19(2)15-16-31(36(5,33)34)25-18-26-24(17-23(25)21-9-7-6-8-10-21)27(29(32)30-4)28(35-26)22-13-11-20(3)12-14-22/h6-15,17-18H,16H2,1-5H3,(H,30,32). The van der Waals surface area contributed by atoms with Gasteiger partial charge in [-0.2, -0.15) is 0 Å². The molecule has 0 saturated heterocycles. The Kier molecular flexibility index (Phi) is 7.04. The summed E-state index contributed by atoms with van der Waals surface area (Å²) in [5, 5.41) is 3.34. The van der Waals surface area contributed by atoms with Crippen LogP contribution in [-0.2, 0) is 10.0 Å². The molecule has 0 aliphatic heterocycles. The highest BCUT2D eigenvalue weighted by molar-refractivity contribution is 7.92. The van der Waals surface area contributed by atoms with Crippen molar-refractivity contribution in [1.82, 2.24) is 5.32 Å². The predicted octanol–water partition coefficient (Wildman–Crippen LogP) is 6.17. The van der Waals surface area contributed by atoms with Gasteiger partial charge in [-0.1, -0.05) is 71.8 Å². The van der Waals surface area contributed by atoms with Crippen LogP contribution in [0.15, 0.2) is 82.8 Å². The van der Waals surface area contributed by atoms with Crippen LogP contribution in [-0.4, -0.2) is 34.2 Å². The highest BCUT2D eigenvalue weighted by Gasteiger charge is 2.26. The quantitative estimate of drug-likeness (QED) is 0.307. The van der Waals surface area contributed by atoms with Crippen molar-refractivity contribution in [3.05, 3.63) is 89.5 Å². The van der Waals surface area contributed by atoms with E-state index in [2.05, 4.69) is 5.32 Å². The Morgan fingerprint density at radius 2 is 1.67 bits per heavy atom. The number of fused-ring (bicyclic) bond motifs is 1. The summed E-state index contributed by atoms with van der Waals surface area (Å²) < 4.78 is 33.5. The van der Waals surface area contributed by atoms with Crippen LogP contribution in [0.3, 0.4) is 0 Å². The van der Waals surface area contributed by atoms with Gasteiger partial charge in [-0.3, -0.25) is 9.10 Å². The molecule has 1 heterocycles. The van der Waals surface area contributed by atoms with E-state index >= 15 is 0 Å². The van der Waals surface area contributed by atoms with E-state index in [0.29, 0.717) is 33.5 Å². The number of allylic oxidation sites excluding steroid dienone is 1. The number of hydrogen-bond acceptors (Lipinski definition) is 4. The van der Waals surface area contributed by atoms with Crippen LogP contribution in [0, 0.1) is 6.92 Å². The second kappa shape index (κ2) is 10.0. The molecule has 36 heavy (non-hydrogen) atoms. The van der Waals surface area contributed by atoms with Crippen LogP contribution in [0.25, 0.3) is 33.4 Å². The lowest BCUT2D eigenvalue weighted by atomic mass is 9.98. The molecule has 0 fully saturated rings. The summed E-state index contributed by atoms with van der Waals surface area (Å²) in [4.78, 5) is 13.1. The highest BCUT2D eigenvalue weighted by Crippen LogP contribution is 2.41. The van der Waals surface area contributed by atoms with E-state index in [9.17, 15) is 13.2 Å². The molecule has 0 unspecified atom stereocenters. The summed E-state index contributed by atoms with van der Waals surface area (Å²) in [6, 6.07) is 20.9. The van der Waals surface area contributed by atoms with Crippen molar-refractivity contribution < 1.29 is 17.6 Å². The first-order valence-electron chi connectivity index (χ1n) is 11.7. The van der Waals surface area contributed by atoms with Gasteiger partial charge < -0.3 is 9.73 Å². The maximum atomic E-state index is 13.1. The highest BCUT2D eigenvalue weighted by atomic mass is 32.2. The van der Waals surface area contributed by atoms with Crippen LogP contribution >= 0.6 is 0 Å². The Morgan fingerprint density at radius 1 is 1.00 bits per heavy atom. The number of carbonyl (C=O) groups excluding carboxylic acids is 1. The summed E-state index contributed by atoms with van der Waals surface area (Å²) in [5.41, 5.74) is 5.72. The first-order valence-corrected chi connectivity index (χ1v) is 13.5. The van der Waals surface area contributed by atoms with Gasteiger partial charge in [0.1, 0.15) is 11.3 Å². The number of aryl methyl sites for hydroxylation is 1. The maximum absolute atomic E-state index is 13.1. The molecule has 0 spiro atoms. The number of rotatable bonds is 7. The third kappa shape index (κ3) is 5.06. The van der Waals surface area contributed by atoms with Crippen molar-refractivity contribution in [3.8, 4) is 22.5 Å². The number of nitrogens with zero attached hydrogens (tertiary/aromatic N) is 1. The minimum atomic E-state index is -3.63. The first-order chi connectivity index (χ1) is 17.1. The Bertz CT molecular complexity index is 1550. The lowest BCUT2D eigenvalue weighted by Gasteiger charge is -2.24. The monoisotopic (exact) mass is 502 g/mol. The zero-order valence-electron chi connectivity index (χ0n) is 21.1. The molecule has 6 nitrogen and oxygen atoms in total. The third-order valence-electron chi connectivity index (χ3n) is 5.99. The summed E-state index contributed by atoms with van der Waals surface area (Å²) >= 11 is 0. The van der Waals surface area contributed by atoms with E-state index in [1.54, 1.807) is 13.1 Å². The number of benzene rings is 3. The molecule has 0 bridgehead atoms. The Labute approximate surface area is 212 Å². The van der Waals surface area contributed by atoms with Gasteiger partial charge in [-0.05, 0) is 32.4 Å². The molecule has 0 aliphatic rings. The van der Waals surface area contributed by atoms with Crippen molar-refractivity contribution in [1.29, 1.82) is 0 Å². The molecule has 4 aromatic rings. The molecule has 1 aromatic heterocycles. The van der Waals surface area contributed by atoms with Crippen LogP contribution in [0.4, 0.5) is 5.69 Å². The van der Waals surface area contributed by atoms with Crippen LogP contribution in [0.5, 0.6) is 0 Å². The zero-order valence-corrected chi connectivity index (χ0v) is 21.9. The smallest absolute Gasteiger partial charge is 0.255 e. The Hall–Kier alpha value is -3.84. The molecule has 1 amide bonds. The van der Waals surface area contributed by atoms with Crippen molar-refractivity contribution in [2.45, 2.75) is 20.8 Å². The van der Waals surface area contributed by atoms with E-state index < -0.39 is 10.0 Å². The summed E-state index contributed by atoms with van der Waals surface area (Å²) in [7, 11) is -2.05. The number of anilines is 1.